The molecular formula is C18H18FN3O. The first-order valence-corrected chi connectivity index (χ1v) is 7.78. The first-order valence-electron chi connectivity index (χ1n) is 7.78. The van der Waals surface area contributed by atoms with Crippen LogP contribution in [0.3, 0.4) is 0 Å². The second-order valence-corrected chi connectivity index (χ2v) is 6.18. The van der Waals surface area contributed by atoms with Crippen LogP contribution in [0.2, 0.25) is 0 Å². The highest BCUT2D eigenvalue weighted by Gasteiger charge is 2.32. The topological polar surface area (TPSA) is 52.1 Å². The van der Waals surface area contributed by atoms with Gasteiger partial charge < -0.3 is 5.11 Å². The Morgan fingerprint density at radius 1 is 1.26 bits per heavy atom. The number of likely N-dealkylation sites (tertiary alicyclic amines) is 1. The Morgan fingerprint density at radius 3 is 3.04 bits per heavy atom. The molecule has 3 aromatic rings. The number of aromatic amines is 1. The SMILES string of the molecule is OC1CC(c2cccc(F)c2)N(Cc2ccc3cn[nH]c3c2)C1. The monoisotopic (exact) mass is 311 g/mol. The van der Waals surface area contributed by atoms with Crippen molar-refractivity contribution < 1.29 is 9.50 Å². The molecule has 118 valence electrons. The third kappa shape index (κ3) is 2.85. The number of fused-ring (bicyclic) bond motifs is 1. The number of aromatic nitrogens is 2. The van der Waals surface area contributed by atoms with Gasteiger partial charge in [-0.3, -0.25) is 10.00 Å². The van der Waals surface area contributed by atoms with Crippen LogP contribution < -0.4 is 0 Å². The molecular weight excluding hydrogens is 293 g/mol. The fraction of sp³-hybridized carbons (Fsp3) is 0.278. The minimum Gasteiger partial charge on any atom is -0.392 e. The van der Waals surface area contributed by atoms with Gasteiger partial charge in [-0.15, -0.1) is 0 Å². The minimum absolute atomic E-state index is 0.0400. The normalized spacial score (nSPS) is 22.0. The molecule has 1 fully saturated rings. The summed E-state index contributed by atoms with van der Waals surface area (Å²) in [7, 11) is 0. The summed E-state index contributed by atoms with van der Waals surface area (Å²) >= 11 is 0. The Balaban J connectivity index is 1.60. The molecule has 0 saturated carbocycles. The van der Waals surface area contributed by atoms with Gasteiger partial charge in [0.1, 0.15) is 5.82 Å². The lowest BCUT2D eigenvalue weighted by Gasteiger charge is -2.24. The van der Waals surface area contributed by atoms with E-state index in [-0.39, 0.29) is 18.0 Å². The minimum atomic E-state index is -0.376. The number of H-pyrrole nitrogens is 1. The molecule has 1 saturated heterocycles. The number of halogens is 1. The van der Waals surface area contributed by atoms with Crippen molar-refractivity contribution in [2.45, 2.75) is 25.1 Å². The van der Waals surface area contributed by atoms with E-state index in [9.17, 15) is 9.50 Å². The number of benzene rings is 2. The fourth-order valence-electron chi connectivity index (χ4n) is 3.43. The maximum atomic E-state index is 13.5. The third-order valence-corrected chi connectivity index (χ3v) is 4.51. The second kappa shape index (κ2) is 5.76. The number of rotatable bonds is 3. The van der Waals surface area contributed by atoms with Crippen LogP contribution in [-0.2, 0) is 6.54 Å². The molecule has 2 atom stereocenters. The predicted molar refractivity (Wildman–Crippen MR) is 86.3 cm³/mol. The van der Waals surface area contributed by atoms with Crippen LogP contribution in [0.15, 0.2) is 48.7 Å². The molecule has 2 N–H and O–H groups in total. The van der Waals surface area contributed by atoms with Crippen LogP contribution in [0.1, 0.15) is 23.6 Å². The van der Waals surface area contributed by atoms with E-state index < -0.39 is 0 Å². The third-order valence-electron chi connectivity index (χ3n) is 4.51. The molecule has 0 aliphatic carbocycles. The molecule has 1 aliphatic rings. The zero-order chi connectivity index (χ0) is 15.8. The molecule has 0 spiro atoms. The molecule has 4 rings (SSSR count). The van der Waals surface area contributed by atoms with Gasteiger partial charge >= 0.3 is 0 Å². The van der Waals surface area contributed by atoms with E-state index in [0.29, 0.717) is 19.5 Å². The van der Waals surface area contributed by atoms with E-state index in [1.807, 2.05) is 12.1 Å². The average molecular weight is 311 g/mol. The molecule has 1 aromatic heterocycles. The summed E-state index contributed by atoms with van der Waals surface area (Å²) in [5, 5.41) is 18.2. The van der Waals surface area contributed by atoms with Gasteiger partial charge in [0.25, 0.3) is 0 Å². The van der Waals surface area contributed by atoms with Gasteiger partial charge in [0.05, 0.1) is 17.8 Å². The van der Waals surface area contributed by atoms with E-state index in [2.05, 4.69) is 27.2 Å². The molecule has 0 amide bonds. The van der Waals surface area contributed by atoms with Crippen molar-refractivity contribution in [3.8, 4) is 0 Å². The van der Waals surface area contributed by atoms with Crippen LogP contribution in [0.25, 0.3) is 10.9 Å². The van der Waals surface area contributed by atoms with Gasteiger partial charge in [0.2, 0.25) is 0 Å². The fourth-order valence-corrected chi connectivity index (χ4v) is 3.43. The lowest BCUT2D eigenvalue weighted by atomic mass is 10.0. The predicted octanol–water partition coefficient (Wildman–Crippen LogP) is 3.01. The molecule has 2 aromatic carbocycles. The van der Waals surface area contributed by atoms with Crippen molar-refractivity contribution in [3.05, 3.63) is 65.6 Å². The second-order valence-electron chi connectivity index (χ2n) is 6.18. The zero-order valence-electron chi connectivity index (χ0n) is 12.6. The van der Waals surface area contributed by atoms with Crippen LogP contribution >= 0.6 is 0 Å². The maximum absolute atomic E-state index is 13.5. The molecule has 1 aliphatic heterocycles. The highest BCUT2D eigenvalue weighted by atomic mass is 19.1. The standard InChI is InChI=1S/C18H18FN3O/c19-15-3-1-2-13(7-15)18-8-16(23)11-22(18)10-12-4-5-14-9-20-21-17(14)6-12/h1-7,9,16,18,23H,8,10-11H2,(H,20,21). The van der Waals surface area contributed by atoms with Gasteiger partial charge in [-0.2, -0.15) is 5.10 Å². The maximum Gasteiger partial charge on any atom is 0.123 e. The van der Waals surface area contributed by atoms with E-state index in [0.717, 1.165) is 22.0 Å². The number of hydrogen-bond donors (Lipinski definition) is 2. The summed E-state index contributed by atoms with van der Waals surface area (Å²) in [5.74, 6) is -0.234. The number of aliphatic hydroxyl groups excluding tert-OH is 1. The molecule has 2 unspecified atom stereocenters. The number of aliphatic hydroxyl groups is 1. The summed E-state index contributed by atoms with van der Waals surface area (Å²) in [5.41, 5.74) is 3.07. The van der Waals surface area contributed by atoms with Gasteiger partial charge in [0, 0.05) is 24.5 Å². The van der Waals surface area contributed by atoms with E-state index in [1.165, 1.54) is 6.07 Å². The van der Waals surface area contributed by atoms with Crippen molar-refractivity contribution in [3.63, 3.8) is 0 Å². The van der Waals surface area contributed by atoms with Crippen molar-refractivity contribution >= 4 is 10.9 Å². The Labute approximate surface area is 133 Å². The quantitative estimate of drug-likeness (QED) is 0.782. The summed E-state index contributed by atoms with van der Waals surface area (Å²) < 4.78 is 13.5. The zero-order valence-corrected chi connectivity index (χ0v) is 12.6. The van der Waals surface area contributed by atoms with E-state index in [4.69, 9.17) is 0 Å². The molecule has 0 bridgehead atoms. The molecule has 0 radical (unpaired) electrons. The van der Waals surface area contributed by atoms with Crippen molar-refractivity contribution in [2.75, 3.05) is 6.54 Å². The van der Waals surface area contributed by atoms with E-state index in [1.54, 1.807) is 18.3 Å². The van der Waals surface area contributed by atoms with Crippen LogP contribution in [0, 0.1) is 5.82 Å². The van der Waals surface area contributed by atoms with E-state index >= 15 is 0 Å². The highest BCUT2D eigenvalue weighted by molar-refractivity contribution is 5.78. The van der Waals surface area contributed by atoms with Gasteiger partial charge in [-0.25, -0.2) is 4.39 Å². The van der Waals surface area contributed by atoms with Gasteiger partial charge in [-0.05, 0) is 35.7 Å². The van der Waals surface area contributed by atoms with Crippen molar-refractivity contribution in [1.82, 2.24) is 15.1 Å². The van der Waals surface area contributed by atoms with Gasteiger partial charge in [-0.1, -0.05) is 24.3 Å². The first-order chi connectivity index (χ1) is 11.2. The van der Waals surface area contributed by atoms with Crippen molar-refractivity contribution in [1.29, 1.82) is 0 Å². The van der Waals surface area contributed by atoms with Crippen molar-refractivity contribution in [2.24, 2.45) is 0 Å². The van der Waals surface area contributed by atoms with Crippen LogP contribution in [-0.4, -0.2) is 32.9 Å². The molecule has 4 nitrogen and oxygen atoms in total. The first kappa shape index (κ1) is 14.4. The Morgan fingerprint density at radius 2 is 2.17 bits per heavy atom. The Hall–Kier alpha value is -2.24. The summed E-state index contributed by atoms with van der Waals surface area (Å²) in [4.78, 5) is 2.21. The highest BCUT2D eigenvalue weighted by Crippen LogP contribution is 2.33. The summed E-state index contributed by atoms with van der Waals surface area (Å²) in [6.45, 7) is 1.31. The van der Waals surface area contributed by atoms with Crippen LogP contribution in [0.4, 0.5) is 4.39 Å². The molecule has 2 heterocycles. The Kier molecular flexibility index (Phi) is 3.59. The molecule has 5 heteroatoms. The Bertz CT molecular complexity index is 832. The average Bonchev–Trinajstić information content (AvgIpc) is 3.13. The summed E-state index contributed by atoms with van der Waals surface area (Å²) in [6, 6.07) is 12.9. The number of nitrogens with zero attached hydrogens (tertiary/aromatic N) is 2. The smallest absolute Gasteiger partial charge is 0.123 e. The number of β-amino-alcohol motifs (C(OH)–C–C–N with tert-alkyl or cyclic N) is 1. The molecule has 23 heavy (non-hydrogen) atoms. The lowest BCUT2D eigenvalue weighted by Crippen LogP contribution is -2.24. The lowest BCUT2D eigenvalue weighted by molar-refractivity contribution is 0.172. The number of nitrogens with one attached hydrogen (secondary N) is 1. The van der Waals surface area contributed by atoms with Gasteiger partial charge in [0.15, 0.2) is 0 Å². The van der Waals surface area contributed by atoms with Crippen LogP contribution in [0.5, 0.6) is 0 Å². The number of hydrogen-bond acceptors (Lipinski definition) is 3. The largest absolute Gasteiger partial charge is 0.392 e. The summed E-state index contributed by atoms with van der Waals surface area (Å²) in [6.07, 6.45) is 2.06.